The van der Waals surface area contributed by atoms with Gasteiger partial charge in [-0.25, -0.2) is 0 Å². The summed E-state index contributed by atoms with van der Waals surface area (Å²) in [7, 11) is 5.31. The minimum absolute atomic E-state index is 0.403. The van der Waals surface area contributed by atoms with Crippen LogP contribution in [-0.2, 0) is 0 Å². The van der Waals surface area contributed by atoms with Gasteiger partial charge in [-0.15, -0.1) is 0 Å². The third kappa shape index (κ3) is 2.86. The van der Waals surface area contributed by atoms with Crippen molar-refractivity contribution in [2.45, 2.75) is 12.8 Å². The summed E-state index contributed by atoms with van der Waals surface area (Å²) in [6.07, 6.45) is 0. The molecule has 0 fully saturated rings. The Morgan fingerprint density at radius 2 is 2.00 bits per heavy atom. The van der Waals surface area contributed by atoms with Crippen molar-refractivity contribution in [2.75, 3.05) is 27.8 Å². The molecule has 84 valence electrons. The van der Waals surface area contributed by atoms with Crippen molar-refractivity contribution in [3.05, 3.63) is 23.8 Å². The van der Waals surface area contributed by atoms with Gasteiger partial charge in [0.05, 0.1) is 14.2 Å². The van der Waals surface area contributed by atoms with E-state index in [4.69, 9.17) is 9.47 Å². The van der Waals surface area contributed by atoms with Crippen LogP contribution in [0.5, 0.6) is 11.5 Å². The van der Waals surface area contributed by atoms with Crippen molar-refractivity contribution in [2.24, 2.45) is 0 Å². The van der Waals surface area contributed by atoms with E-state index in [0.29, 0.717) is 5.92 Å². The number of hydrogen-bond acceptors (Lipinski definition) is 3. The second-order valence-electron chi connectivity index (χ2n) is 3.57. The monoisotopic (exact) mass is 209 g/mol. The van der Waals surface area contributed by atoms with E-state index in [-0.39, 0.29) is 0 Å². The maximum atomic E-state index is 5.33. The molecule has 1 atom stereocenters. The van der Waals surface area contributed by atoms with Gasteiger partial charge in [0.1, 0.15) is 11.5 Å². The second-order valence-corrected chi connectivity index (χ2v) is 3.57. The van der Waals surface area contributed by atoms with Gasteiger partial charge >= 0.3 is 0 Å². The molecule has 0 saturated heterocycles. The Labute approximate surface area is 91.4 Å². The van der Waals surface area contributed by atoms with Gasteiger partial charge in [0, 0.05) is 12.1 Å². The Morgan fingerprint density at radius 1 is 1.27 bits per heavy atom. The average molecular weight is 209 g/mol. The molecular weight excluding hydrogens is 190 g/mol. The molecule has 0 spiro atoms. The molecular formula is C12H19NO2. The van der Waals surface area contributed by atoms with E-state index < -0.39 is 0 Å². The number of hydrogen-bond donors (Lipinski definition) is 1. The SMILES string of the molecule is CNCC(C)c1cc(OC)ccc1OC. The zero-order chi connectivity index (χ0) is 11.3. The van der Waals surface area contributed by atoms with Crippen LogP contribution >= 0.6 is 0 Å². The maximum absolute atomic E-state index is 5.33. The third-order valence-electron chi connectivity index (χ3n) is 2.48. The summed E-state index contributed by atoms with van der Waals surface area (Å²) < 4.78 is 10.5. The van der Waals surface area contributed by atoms with E-state index in [1.54, 1.807) is 14.2 Å². The standard InChI is InChI=1S/C12H19NO2/c1-9(8-13-2)11-7-10(14-3)5-6-12(11)15-4/h5-7,9,13H,8H2,1-4H3. The molecule has 1 aromatic rings. The Bertz CT molecular complexity index is 312. The minimum atomic E-state index is 0.403. The van der Waals surface area contributed by atoms with Gasteiger partial charge in [0.2, 0.25) is 0 Å². The topological polar surface area (TPSA) is 30.5 Å². The van der Waals surface area contributed by atoms with Crippen molar-refractivity contribution in [3.8, 4) is 11.5 Å². The lowest BCUT2D eigenvalue weighted by Gasteiger charge is -2.16. The lowest BCUT2D eigenvalue weighted by Crippen LogP contribution is -2.15. The van der Waals surface area contributed by atoms with Crippen LogP contribution in [0.4, 0.5) is 0 Å². The maximum Gasteiger partial charge on any atom is 0.122 e. The summed E-state index contributed by atoms with van der Waals surface area (Å²) in [5.41, 5.74) is 1.17. The highest BCUT2D eigenvalue weighted by Crippen LogP contribution is 2.29. The van der Waals surface area contributed by atoms with Gasteiger partial charge in [-0.1, -0.05) is 6.92 Å². The number of rotatable bonds is 5. The number of benzene rings is 1. The molecule has 0 aliphatic carbocycles. The van der Waals surface area contributed by atoms with Crippen LogP contribution < -0.4 is 14.8 Å². The molecule has 1 unspecified atom stereocenters. The summed E-state index contributed by atoms with van der Waals surface area (Å²) >= 11 is 0. The third-order valence-corrected chi connectivity index (χ3v) is 2.48. The lowest BCUT2D eigenvalue weighted by molar-refractivity contribution is 0.395. The highest BCUT2D eigenvalue weighted by atomic mass is 16.5. The molecule has 3 heteroatoms. The van der Waals surface area contributed by atoms with Crippen molar-refractivity contribution in [3.63, 3.8) is 0 Å². The number of ether oxygens (including phenoxy) is 2. The fourth-order valence-electron chi connectivity index (χ4n) is 1.64. The Morgan fingerprint density at radius 3 is 2.53 bits per heavy atom. The van der Waals surface area contributed by atoms with Gasteiger partial charge in [-0.05, 0) is 31.2 Å². The first kappa shape index (κ1) is 11.9. The first-order chi connectivity index (χ1) is 7.22. The zero-order valence-corrected chi connectivity index (χ0v) is 9.83. The van der Waals surface area contributed by atoms with E-state index in [0.717, 1.165) is 18.0 Å². The number of methoxy groups -OCH3 is 2. The smallest absolute Gasteiger partial charge is 0.122 e. The van der Waals surface area contributed by atoms with Gasteiger partial charge in [0.25, 0.3) is 0 Å². The molecule has 1 N–H and O–H groups in total. The summed E-state index contributed by atoms with van der Waals surface area (Å²) in [6, 6.07) is 5.88. The summed E-state index contributed by atoms with van der Waals surface area (Å²) in [5.74, 6) is 2.19. The van der Waals surface area contributed by atoms with E-state index >= 15 is 0 Å². The normalized spacial score (nSPS) is 12.3. The van der Waals surface area contributed by atoms with Crippen LogP contribution in [0.1, 0.15) is 18.4 Å². The van der Waals surface area contributed by atoms with Crippen molar-refractivity contribution >= 4 is 0 Å². The molecule has 0 amide bonds. The largest absolute Gasteiger partial charge is 0.497 e. The molecule has 0 aliphatic rings. The molecule has 0 aromatic heterocycles. The molecule has 0 aliphatic heterocycles. The van der Waals surface area contributed by atoms with Gasteiger partial charge < -0.3 is 14.8 Å². The summed E-state index contributed by atoms with van der Waals surface area (Å²) in [5, 5.41) is 3.16. The van der Waals surface area contributed by atoms with Crippen LogP contribution in [-0.4, -0.2) is 27.8 Å². The van der Waals surface area contributed by atoms with E-state index in [2.05, 4.69) is 12.2 Å². The van der Waals surface area contributed by atoms with E-state index in [1.165, 1.54) is 5.56 Å². The van der Waals surface area contributed by atoms with Gasteiger partial charge in [0.15, 0.2) is 0 Å². The quantitative estimate of drug-likeness (QED) is 0.805. The van der Waals surface area contributed by atoms with Crippen molar-refractivity contribution < 1.29 is 9.47 Å². The molecule has 0 heterocycles. The molecule has 1 aromatic carbocycles. The second kappa shape index (κ2) is 5.61. The van der Waals surface area contributed by atoms with Crippen molar-refractivity contribution in [1.82, 2.24) is 5.32 Å². The van der Waals surface area contributed by atoms with Crippen molar-refractivity contribution in [1.29, 1.82) is 0 Å². The Balaban J connectivity index is 3.00. The summed E-state index contributed by atoms with van der Waals surface area (Å²) in [6.45, 7) is 3.08. The number of nitrogens with one attached hydrogen (secondary N) is 1. The molecule has 1 rings (SSSR count). The zero-order valence-electron chi connectivity index (χ0n) is 9.83. The predicted octanol–water partition coefficient (Wildman–Crippen LogP) is 2.03. The van der Waals surface area contributed by atoms with Crippen LogP contribution in [0.25, 0.3) is 0 Å². The summed E-state index contributed by atoms with van der Waals surface area (Å²) in [4.78, 5) is 0. The minimum Gasteiger partial charge on any atom is -0.497 e. The van der Waals surface area contributed by atoms with E-state index in [9.17, 15) is 0 Å². The van der Waals surface area contributed by atoms with Crippen LogP contribution in [0, 0.1) is 0 Å². The Hall–Kier alpha value is -1.22. The molecule has 15 heavy (non-hydrogen) atoms. The van der Waals surface area contributed by atoms with E-state index in [1.807, 2.05) is 25.2 Å². The fourth-order valence-corrected chi connectivity index (χ4v) is 1.64. The van der Waals surface area contributed by atoms with Gasteiger partial charge in [-0.3, -0.25) is 0 Å². The van der Waals surface area contributed by atoms with Crippen LogP contribution in [0.15, 0.2) is 18.2 Å². The first-order valence-corrected chi connectivity index (χ1v) is 5.09. The number of likely N-dealkylation sites (N-methyl/N-ethyl adjacent to an activating group) is 1. The molecule has 0 bridgehead atoms. The highest BCUT2D eigenvalue weighted by molar-refractivity contribution is 5.42. The average Bonchev–Trinajstić information content (AvgIpc) is 2.28. The molecule has 0 radical (unpaired) electrons. The molecule has 0 saturated carbocycles. The van der Waals surface area contributed by atoms with Gasteiger partial charge in [-0.2, -0.15) is 0 Å². The Kier molecular flexibility index (Phi) is 4.43. The first-order valence-electron chi connectivity index (χ1n) is 5.09. The highest BCUT2D eigenvalue weighted by Gasteiger charge is 2.11. The van der Waals surface area contributed by atoms with Crippen LogP contribution in [0.2, 0.25) is 0 Å². The van der Waals surface area contributed by atoms with Crippen LogP contribution in [0.3, 0.4) is 0 Å². The molecule has 3 nitrogen and oxygen atoms in total. The predicted molar refractivity (Wildman–Crippen MR) is 61.9 cm³/mol. The fraction of sp³-hybridized carbons (Fsp3) is 0.500. The lowest BCUT2D eigenvalue weighted by atomic mass is 10.00.